The molecule has 0 saturated carbocycles. The Bertz CT molecular complexity index is 1010. The van der Waals surface area contributed by atoms with Gasteiger partial charge in [0.05, 0.1) is 28.4 Å². The third-order valence-electron chi connectivity index (χ3n) is 4.04. The van der Waals surface area contributed by atoms with Crippen molar-refractivity contribution in [2.75, 3.05) is 6.54 Å². The Morgan fingerprint density at radius 2 is 1.93 bits per heavy atom. The van der Waals surface area contributed by atoms with Gasteiger partial charge >= 0.3 is 0 Å². The Balaban J connectivity index is 1.53. The maximum Gasteiger partial charge on any atom is 0.252 e. The number of hydrogen-bond donors (Lipinski definition) is 1. The summed E-state index contributed by atoms with van der Waals surface area (Å²) in [5.74, 6) is -0.139. The quantitative estimate of drug-likeness (QED) is 0.560. The van der Waals surface area contributed by atoms with Crippen molar-refractivity contribution in [1.82, 2.24) is 25.1 Å². The van der Waals surface area contributed by atoms with Gasteiger partial charge in [0.25, 0.3) is 5.91 Å². The molecule has 0 aliphatic carbocycles. The normalized spacial score (nSPS) is 10.7. The molecule has 0 spiro atoms. The fourth-order valence-electron chi connectivity index (χ4n) is 2.74. The number of aromatic nitrogens is 4. The highest BCUT2D eigenvalue weighted by Gasteiger charge is 2.13. The second-order valence-corrected chi connectivity index (χ2v) is 6.80. The molecule has 134 valence electrons. The maximum atomic E-state index is 12.2. The van der Waals surface area contributed by atoms with Crippen LogP contribution in [0.1, 0.15) is 10.4 Å². The minimum absolute atomic E-state index is 0.139. The van der Waals surface area contributed by atoms with Crippen LogP contribution in [0.15, 0.2) is 72.6 Å². The second kappa shape index (κ2) is 7.92. The van der Waals surface area contributed by atoms with Gasteiger partial charge in [-0.25, -0.2) is 0 Å². The zero-order chi connectivity index (χ0) is 18.5. The van der Waals surface area contributed by atoms with E-state index in [1.807, 2.05) is 28.3 Å². The lowest BCUT2D eigenvalue weighted by molar-refractivity contribution is 0.0951. The maximum absolute atomic E-state index is 12.2. The van der Waals surface area contributed by atoms with Crippen molar-refractivity contribution in [2.24, 2.45) is 0 Å². The molecule has 1 N–H and O–H groups in total. The first-order valence-corrected chi connectivity index (χ1v) is 9.39. The van der Waals surface area contributed by atoms with E-state index in [9.17, 15) is 4.79 Å². The summed E-state index contributed by atoms with van der Waals surface area (Å²) < 4.78 is 1.93. The lowest BCUT2D eigenvalue weighted by atomic mass is 10.2. The van der Waals surface area contributed by atoms with E-state index in [0.717, 1.165) is 21.8 Å². The van der Waals surface area contributed by atoms with Crippen LogP contribution in [-0.2, 0) is 6.54 Å². The Morgan fingerprint density at radius 1 is 1.07 bits per heavy atom. The molecule has 0 atom stereocenters. The third kappa shape index (κ3) is 3.93. The molecule has 0 bridgehead atoms. The smallest absolute Gasteiger partial charge is 0.252 e. The van der Waals surface area contributed by atoms with Gasteiger partial charge in [-0.05, 0) is 41.8 Å². The molecule has 0 radical (unpaired) electrons. The molecule has 7 heteroatoms. The standard InChI is InChI=1S/C20H17N5OS/c26-20(16-5-2-8-22-14-16)23-9-10-25-18(19-6-3-11-27-19)12-17(24-25)15-4-1-7-21-13-15/h1-8,11-14H,9-10H2,(H,23,26). The molecule has 0 aliphatic heterocycles. The Hall–Kier alpha value is -3.32. The highest BCUT2D eigenvalue weighted by Crippen LogP contribution is 2.28. The lowest BCUT2D eigenvalue weighted by Gasteiger charge is -2.08. The molecule has 6 nitrogen and oxygen atoms in total. The number of rotatable bonds is 6. The summed E-state index contributed by atoms with van der Waals surface area (Å²) in [5.41, 5.74) is 3.41. The van der Waals surface area contributed by atoms with E-state index in [4.69, 9.17) is 5.10 Å². The fourth-order valence-corrected chi connectivity index (χ4v) is 3.49. The average molecular weight is 375 g/mol. The monoisotopic (exact) mass is 375 g/mol. The molecule has 4 aromatic heterocycles. The summed E-state index contributed by atoms with van der Waals surface area (Å²) in [4.78, 5) is 21.5. The van der Waals surface area contributed by atoms with Gasteiger partial charge < -0.3 is 5.32 Å². The average Bonchev–Trinajstić information content (AvgIpc) is 3.39. The molecule has 4 aromatic rings. The van der Waals surface area contributed by atoms with Gasteiger partial charge in [-0.1, -0.05) is 6.07 Å². The van der Waals surface area contributed by atoms with Gasteiger partial charge in [0.15, 0.2) is 0 Å². The van der Waals surface area contributed by atoms with Crippen molar-refractivity contribution in [1.29, 1.82) is 0 Å². The molecule has 0 aliphatic rings. The Kier molecular flexibility index (Phi) is 5.02. The molecule has 0 fully saturated rings. The highest BCUT2D eigenvalue weighted by atomic mass is 32.1. The molecule has 0 unspecified atom stereocenters. The summed E-state index contributed by atoms with van der Waals surface area (Å²) >= 11 is 1.66. The number of nitrogens with one attached hydrogen (secondary N) is 1. The molecule has 0 saturated heterocycles. The van der Waals surface area contributed by atoms with Crippen LogP contribution in [0.2, 0.25) is 0 Å². The number of carbonyl (C=O) groups excluding carboxylic acids is 1. The van der Waals surface area contributed by atoms with Crippen LogP contribution in [0.3, 0.4) is 0 Å². The predicted molar refractivity (Wildman–Crippen MR) is 105 cm³/mol. The van der Waals surface area contributed by atoms with Gasteiger partial charge in [-0.2, -0.15) is 5.10 Å². The minimum atomic E-state index is -0.139. The topological polar surface area (TPSA) is 72.7 Å². The van der Waals surface area contributed by atoms with Crippen molar-refractivity contribution in [3.05, 3.63) is 78.2 Å². The minimum Gasteiger partial charge on any atom is -0.350 e. The first kappa shape index (κ1) is 17.1. The Morgan fingerprint density at radius 3 is 2.63 bits per heavy atom. The molecular formula is C20H17N5OS. The van der Waals surface area contributed by atoms with Crippen molar-refractivity contribution in [3.8, 4) is 21.8 Å². The summed E-state index contributed by atoms with van der Waals surface area (Å²) in [6.07, 6.45) is 6.75. The fraction of sp³-hybridized carbons (Fsp3) is 0.100. The van der Waals surface area contributed by atoms with E-state index in [1.165, 1.54) is 0 Å². The largest absolute Gasteiger partial charge is 0.350 e. The van der Waals surface area contributed by atoms with Crippen LogP contribution in [-0.4, -0.2) is 32.2 Å². The first-order chi connectivity index (χ1) is 13.3. The van der Waals surface area contributed by atoms with E-state index in [0.29, 0.717) is 18.7 Å². The van der Waals surface area contributed by atoms with Crippen LogP contribution in [0.25, 0.3) is 21.8 Å². The van der Waals surface area contributed by atoms with Gasteiger partial charge in [0.1, 0.15) is 0 Å². The number of pyridine rings is 2. The van der Waals surface area contributed by atoms with Crippen LogP contribution in [0.5, 0.6) is 0 Å². The van der Waals surface area contributed by atoms with E-state index >= 15 is 0 Å². The number of nitrogens with zero attached hydrogens (tertiary/aromatic N) is 4. The van der Waals surface area contributed by atoms with Crippen LogP contribution in [0, 0.1) is 0 Å². The van der Waals surface area contributed by atoms with Crippen molar-refractivity contribution >= 4 is 17.2 Å². The summed E-state index contributed by atoms with van der Waals surface area (Å²) in [7, 11) is 0. The molecule has 27 heavy (non-hydrogen) atoms. The second-order valence-electron chi connectivity index (χ2n) is 5.85. The van der Waals surface area contributed by atoms with E-state index in [-0.39, 0.29) is 5.91 Å². The van der Waals surface area contributed by atoms with Crippen LogP contribution in [0.4, 0.5) is 0 Å². The number of carbonyl (C=O) groups is 1. The van der Waals surface area contributed by atoms with E-state index in [2.05, 4.69) is 27.4 Å². The van der Waals surface area contributed by atoms with Gasteiger partial charge in [-0.15, -0.1) is 11.3 Å². The van der Waals surface area contributed by atoms with E-state index < -0.39 is 0 Å². The molecule has 4 heterocycles. The van der Waals surface area contributed by atoms with Crippen molar-refractivity contribution < 1.29 is 4.79 Å². The third-order valence-corrected chi connectivity index (χ3v) is 4.94. The van der Waals surface area contributed by atoms with Gasteiger partial charge in [0, 0.05) is 36.9 Å². The molecule has 4 rings (SSSR count). The molecular weight excluding hydrogens is 358 g/mol. The van der Waals surface area contributed by atoms with Crippen molar-refractivity contribution in [3.63, 3.8) is 0 Å². The summed E-state index contributed by atoms with van der Waals surface area (Å²) in [6, 6.07) is 13.5. The van der Waals surface area contributed by atoms with Crippen LogP contribution >= 0.6 is 11.3 Å². The first-order valence-electron chi connectivity index (χ1n) is 8.51. The predicted octanol–water partition coefficient (Wildman–Crippen LogP) is 3.50. The number of hydrogen-bond acceptors (Lipinski definition) is 5. The van der Waals surface area contributed by atoms with Gasteiger partial charge in [-0.3, -0.25) is 19.4 Å². The summed E-state index contributed by atoms with van der Waals surface area (Å²) in [6.45, 7) is 1.04. The number of amides is 1. The zero-order valence-electron chi connectivity index (χ0n) is 14.4. The zero-order valence-corrected chi connectivity index (χ0v) is 15.3. The Labute approximate surface area is 160 Å². The lowest BCUT2D eigenvalue weighted by Crippen LogP contribution is -2.27. The van der Waals surface area contributed by atoms with Crippen LogP contribution < -0.4 is 5.32 Å². The van der Waals surface area contributed by atoms with E-state index in [1.54, 1.807) is 48.3 Å². The summed E-state index contributed by atoms with van der Waals surface area (Å²) in [5, 5.41) is 9.69. The molecule has 0 aromatic carbocycles. The highest BCUT2D eigenvalue weighted by molar-refractivity contribution is 7.13. The molecule has 1 amide bonds. The SMILES string of the molecule is O=C(NCCn1nc(-c2cccnc2)cc1-c1cccs1)c1cccnc1. The number of thiophene rings is 1. The van der Waals surface area contributed by atoms with Gasteiger partial charge in [0.2, 0.25) is 0 Å². The van der Waals surface area contributed by atoms with Crippen molar-refractivity contribution in [2.45, 2.75) is 6.54 Å².